The van der Waals surface area contributed by atoms with E-state index in [0.29, 0.717) is 0 Å². The molecule has 0 atom stereocenters. The van der Waals surface area contributed by atoms with Crippen LogP contribution in [-0.2, 0) is 6.54 Å². The summed E-state index contributed by atoms with van der Waals surface area (Å²) in [5.74, 6) is 2.83. The number of pyridine rings is 2. The molecule has 6 nitrogen and oxygen atoms in total. The SMILES string of the molecule is Cc1cc(N2CCCCC2)nc2c1c(=O)cc(NCCC1CCCC1)n2CCN1CCCC1. The molecule has 2 aliphatic heterocycles. The molecule has 0 aromatic carbocycles. The van der Waals surface area contributed by atoms with Gasteiger partial charge in [-0.2, -0.15) is 0 Å². The second kappa shape index (κ2) is 10.5. The lowest BCUT2D eigenvalue weighted by Crippen LogP contribution is -2.31. The molecule has 3 aliphatic rings. The van der Waals surface area contributed by atoms with Gasteiger partial charge in [0.2, 0.25) is 0 Å². The Labute approximate surface area is 198 Å². The molecule has 0 amide bonds. The monoisotopic (exact) mass is 451 g/mol. The van der Waals surface area contributed by atoms with Crippen molar-refractivity contribution in [2.24, 2.45) is 5.92 Å². The summed E-state index contributed by atoms with van der Waals surface area (Å²) in [6.07, 6.45) is 13.0. The second-order valence-corrected chi connectivity index (χ2v) is 10.5. The maximum Gasteiger partial charge on any atom is 0.193 e. The van der Waals surface area contributed by atoms with Crippen molar-refractivity contribution in [2.75, 3.05) is 49.5 Å². The van der Waals surface area contributed by atoms with E-state index in [4.69, 9.17) is 4.98 Å². The summed E-state index contributed by atoms with van der Waals surface area (Å²) in [5.41, 5.74) is 2.02. The number of hydrogen-bond acceptors (Lipinski definition) is 5. The first kappa shape index (κ1) is 22.7. The van der Waals surface area contributed by atoms with Crippen LogP contribution in [0.25, 0.3) is 11.0 Å². The van der Waals surface area contributed by atoms with Crippen molar-refractivity contribution in [1.82, 2.24) is 14.5 Å². The zero-order chi connectivity index (χ0) is 22.6. The average molecular weight is 452 g/mol. The van der Waals surface area contributed by atoms with Crippen LogP contribution in [0.2, 0.25) is 0 Å². The van der Waals surface area contributed by atoms with E-state index in [1.54, 1.807) is 0 Å². The van der Waals surface area contributed by atoms with Crippen LogP contribution in [0.4, 0.5) is 11.6 Å². The third kappa shape index (κ3) is 5.21. The smallest absolute Gasteiger partial charge is 0.193 e. The Hall–Kier alpha value is -2.08. The van der Waals surface area contributed by atoms with Crippen LogP contribution in [0, 0.1) is 12.8 Å². The van der Waals surface area contributed by atoms with Crippen molar-refractivity contribution in [1.29, 1.82) is 0 Å². The van der Waals surface area contributed by atoms with E-state index in [9.17, 15) is 4.79 Å². The lowest BCUT2D eigenvalue weighted by Gasteiger charge is -2.29. The van der Waals surface area contributed by atoms with Crippen LogP contribution < -0.4 is 15.6 Å². The fraction of sp³-hybridized carbons (Fsp3) is 0.704. The standard InChI is InChI=1S/C27H41N5O/c1-21-19-25(31-15-5-2-6-16-31)29-27-26(21)23(33)20-24(28-12-11-22-9-3-4-10-22)32(27)18-17-30-13-7-8-14-30/h19-20,22,28H,2-18H2,1H3. The molecule has 2 saturated heterocycles. The number of likely N-dealkylation sites (tertiary alicyclic amines) is 1. The number of piperidine rings is 1. The first-order chi connectivity index (χ1) is 16.2. The van der Waals surface area contributed by atoms with Gasteiger partial charge >= 0.3 is 0 Å². The van der Waals surface area contributed by atoms with Crippen LogP contribution >= 0.6 is 0 Å². The minimum absolute atomic E-state index is 0.0981. The molecule has 2 aromatic rings. The van der Waals surface area contributed by atoms with E-state index in [-0.39, 0.29) is 5.43 Å². The van der Waals surface area contributed by atoms with Crippen molar-refractivity contribution in [3.8, 4) is 0 Å². The molecule has 2 aromatic heterocycles. The minimum Gasteiger partial charge on any atom is -0.371 e. The summed E-state index contributed by atoms with van der Waals surface area (Å²) in [6.45, 7) is 9.41. The number of hydrogen-bond donors (Lipinski definition) is 1. The highest BCUT2D eigenvalue weighted by atomic mass is 16.1. The van der Waals surface area contributed by atoms with E-state index in [1.807, 2.05) is 6.07 Å². The molecule has 180 valence electrons. The van der Waals surface area contributed by atoms with Crippen molar-refractivity contribution in [3.05, 3.63) is 27.9 Å². The third-order valence-electron chi connectivity index (χ3n) is 8.10. The normalized spacial score (nSPS) is 20.2. The molecule has 3 fully saturated rings. The lowest BCUT2D eigenvalue weighted by molar-refractivity contribution is 0.324. The Morgan fingerprint density at radius 1 is 0.939 bits per heavy atom. The molecule has 33 heavy (non-hydrogen) atoms. The molecule has 0 radical (unpaired) electrons. The maximum absolute atomic E-state index is 13.2. The van der Waals surface area contributed by atoms with E-state index in [2.05, 4.69) is 32.7 Å². The fourth-order valence-corrected chi connectivity index (χ4v) is 6.14. The molecule has 0 unspecified atom stereocenters. The van der Waals surface area contributed by atoms with Gasteiger partial charge in [-0.05, 0) is 76.1 Å². The van der Waals surface area contributed by atoms with Crippen molar-refractivity contribution in [3.63, 3.8) is 0 Å². The molecular formula is C27H41N5O. The molecule has 1 saturated carbocycles. The molecule has 0 spiro atoms. The maximum atomic E-state index is 13.2. The summed E-state index contributed by atoms with van der Waals surface area (Å²) < 4.78 is 2.31. The zero-order valence-corrected chi connectivity index (χ0v) is 20.4. The Bertz CT molecular complexity index is 998. The number of nitrogens with one attached hydrogen (secondary N) is 1. The van der Waals surface area contributed by atoms with E-state index < -0.39 is 0 Å². The van der Waals surface area contributed by atoms with Gasteiger partial charge < -0.3 is 19.7 Å². The summed E-state index contributed by atoms with van der Waals surface area (Å²) in [6, 6.07) is 3.96. The van der Waals surface area contributed by atoms with Gasteiger partial charge in [0.1, 0.15) is 17.3 Å². The topological polar surface area (TPSA) is 53.4 Å². The highest BCUT2D eigenvalue weighted by molar-refractivity contribution is 5.83. The van der Waals surface area contributed by atoms with Gasteiger partial charge in [0, 0.05) is 38.8 Å². The minimum atomic E-state index is 0.0981. The largest absolute Gasteiger partial charge is 0.371 e. The Kier molecular flexibility index (Phi) is 7.19. The second-order valence-electron chi connectivity index (χ2n) is 10.5. The Balaban J connectivity index is 1.48. The first-order valence-corrected chi connectivity index (χ1v) is 13.5. The highest BCUT2D eigenvalue weighted by Crippen LogP contribution is 2.28. The van der Waals surface area contributed by atoms with E-state index in [1.165, 1.54) is 77.3 Å². The number of fused-ring (bicyclic) bond motifs is 1. The van der Waals surface area contributed by atoms with Crippen LogP contribution in [-0.4, -0.2) is 53.7 Å². The molecule has 0 bridgehead atoms. The molecule has 1 N–H and O–H groups in total. The van der Waals surface area contributed by atoms with Crippen molar-refractivity contribution >= 4 is 22.7 Å². The summed E-state index contributed by atoms with van der Waals surface area (Å²) >= 11 is 0. The van der Waals surface area contributed by atoms with Gasteiger partial charge in [0.25, 0.3) is 0 Å². The van der Waals surface area contributed by atoms with Gasteiger partial charge in [-0.3, -0.25) is 4.79 Å². The van der Waals surface area contributed by atoms with E-state index in [0.717, 1.165) is 66.9 Å². The van der Waals surface area contributed by atoms with Crippen LogP contribution in [0.15, 0.2) is 16.9 Å². The summed E-state index contributed by atoms with van der Waals surface area (Å²) in [5, 5.41) is 4.45. The fourth-order valence-electron chi connectivity index (χ4n) is 6.14. The predicted molar refractivity (Wildman–Crippen MR) is 138 cm³/mol. The molecular weight excluding hydrogens is 410 g/mol. The third-order valence-corrected chi connectivity index (χ3v) is 8.10. The highest BCUT2D eigenvalue weighted by Gasteiger charge is 2.20. The van der Waals surface area contributed by atoms with Gasteiger partial charge in [-0.15, -0.1) is 0 Å². The van der Waals surface area contributed by atoms with Gasteiger partial charge in [0.15, 0.2) is 5.43 Å². The van der Waals surface area contributed by atoms with Crippen LogP contribution in [0.5, 0.6) is 0 Å². The van der Waals surface area contributed by atoms with Gasteiger partial charge in [0.05, 0.1) is 5.39 Å². The zero-order valence-electron chi connectivity index (χ0n) is 20.4. The summed E-state index contributed by atoms with van der Waals surface area (Å²) in [4.78, 5) is 23.3. The number of anilines is 2. The number of rotatable bonds is 8. The average Bonchev–Trinajstić information content (AvgIpc) is 3.53. The molecule has 6 heteroatoms. The van der Waals surface area contributed by atoms with Gasteiger partial charge in [-0.1, -0.05) is 25.7 Å². The van der Waals surface area contributed by atoms with Crippen LogP contribution in [0.1, 0.15) is 69.8 Å². The van der Waals surface area contributed by atoms with Crippen LogP contribution in [0.3, 0.4) is 0 Å². The number of aromatic nitrogens is 2. The summed E-state index contributed by atoms with van der Waals surface area (Å²) in [7, 11) is 0. The number of nitrogens with zero attached hydrogens (tertiary/aromatic N) is 4. The first-order valence-electron chi connectivity index (χ1n) is 13.5. The predicted octanol–water partition coefficient (Wildman–Crippen LogP) is 4.78. The molecule has 5 rings (SSSR count). The van der Waals surface area contributed by atoms with Crippen molar-refractivity contribution in [2.45, 2.75) is 77.7 Å². The molecule has 1 aliphatic carbocycles. The quantitative estimate of drug-likeness (QED) is 0.626. The number of aryl methyl sites for hydroxylation is 1. The van der Waals surface area contributed by atoms with Gasteiger partial charge in [-0.25, -0.2) is 4.98 Å². The Morgan fingerprint density at radius 3 is 2.42 bits per heavy atom. The Morgan fingerprint density at radius 2 is 1.67 bits per heavy atom. The van der Waals surface area contributed by atoms with E-state index >= 15 is 0 Å². The van der Waals surface area contributed by atoms with Crippen molar-refractivity contribution < 1.29 is 0 Å². The molecule has 4 heterocycles. The lowest BCUT2D eigenvalue weighted by atomic mass is 10.0.